The van der Waals surface area contributed by atoms with E-state index in [0.717, 1.165) is 18.8 Å². The monoisotopic (exact) mass is 200 g/mol. The molecule has 2 heterocycles. The summed E-state index contributed by atoms with van der Waals surface area (Å²) in [6.45, 7) is 0.827. The highest BCUT2D eigenvalue weighted by atomic mass is 32.2. The van der Waals surface area contributed by atoms with Crippen LogP contribution < -0.4 is 11.3 Å². The molecule has 0 aromatic carbocycles. The molecule has 3 nitrogen and oxygen atoms in total. The summed E-state index contributed by atoms with van der Waals surface area (Å²) in [5.41, 5.74) is 2.88. The summed E-state index contributed by atoms with van der Waals surface area (Å²) in [6.07, 6.45) is 4.45. The SMILES string of the molecule is NNC(C1=CCCO1)C1CCSC1. The smallest absolute Gasteiger partial charge is 0.111 e. The van der Waals surface area contributed by atoms with Gasteiger partial charge in [0, 0.05) is 6.42 Å². The standard InChI is InChI=1S/C9H16N2OS/c10-11-9(7-3-5-13-6-7)8-2-1-4-12-8/h2,7,9,11H,1,3-6,10H2. The van der Waals surface area contributed by atoms with Gasteiger partial charge in [0.25, 0.3) is 0 Å². The molecule has 0 radical (unpaired) electrons. The second-order valence-corrected chi connectivity index (χ2v) is 4.66. The molecular weight excluding hydrogens is 184 g/mol. The first kappa shape index (κ1) is 9.37. The van der Waals surface area contributed by atoms with Crippen molar-refractivity contribution in [3.63, 3.8) is 0 Å². The third kappa shape index (κ3) is 2.00. The highest BCUT2D eigenvalue weighted by molar-refractivity contribution is 7.99. The number of ether oxygens (including phenoxy) is 1. The molecule has 0 saturated carbocycles. The van der Waals surface area contributed by atoms with Crippen LogP contribution in [-0.4, -0.2) is 24.2 Å². The largest absolute Gasteiger partial charge is 0.496 e. The van der Waals surface area contributed by atoms with Gasteiger partial charge in [-0.1, -0.05) is 0 Å². The Kier molecular flexibility index (Phi) is 3.14. The minimum Gasteiger partial charge on any atom is -0.496 e. The van der Waals surface area contributed by atoms with Crippen molar-refractivity contribution in [2.45, 2.75) is 18.9 Å². The molecule has 1 saturated heterocycles. The van der Waals surface area contributed by atoms with Gasteiger partial charge in [-0.3, -0.25) is 5.84 Å². The van der Waals surface area contributed by atoms with E-state index < -0.39 is 0 Å². The fraction of sp³-hybridized carbons (Fsp3) is 0.778. The summed E-state index contributed by atoms with van der Waals surface area (Å²) in [6, 6.07) is 0.248. The van der Waals surface area contributed by atoms with Crippen LogP contribution in [0.3, 0.4) is 0 Å². The van der Waals surface area contributed by atoms with E-state index in [9.17, 15) is 0 Å². The molecule has 2 rings (SSSR count). The zero-order valence-corrected chi connectivity index (χ0v) is 8.48. The van der Waals surface area contributed by atoms with Gasteiger partial charge in [0.2, 0.25) is 0 Å². The molecule has 2 atom stereocenters. The van der Waals surface area contributed by atoms with Gasteiger partial charge in [-0.15, -0.1) is 0 Å². The van der Waals surface area contributed by atoms with E-state index in [1.165, 1.54) is 17.9 Å². The predicted molar refractivity (Wildman–Crippen MR) is 55.2 cm³/mol. The van der Waals surface area contributed by atoms with Gasteiger partial charge in [0.1, 0.15) is 5.76 Å². The van der Waals surface area contributed by atoms with Gasteiger partial charge in [-0.05, 0) is 29.9 Å². The van der Waals surface area contributed by atoms with Gasteiger partial charge >= 0.3 is 0 Å². The molecule has 2 unspecified atom stereocenters. The van der Waals surface area contributed by atoms with Gasteiger partial charge < -0.3 is 4.74 Å². The van der Waals surface area contributed by atoms with Crippen molar-refractivity contribution in [2.75, 3.05) is 18.1 Å². The Balaban J connectivity index is 1.98. The lowest BCUT2D eigenvalue weighted by molar-refractivity contribution is 0.197. The van der Waals surface area contributed by atoms with Crippen LogP contribution in [0.4, 0.5) is 0 Å². The van der Waals surface area contributed by atoms with E-state index in [1.54, 1.807) is 0 Å². The zero-order chi connectivity index (χ0) is 9.10. The molecule has 0 aromatic heterocycles. The van der Waals surface area contributed by atoms with Gasteiger partial charge in [0.05, 0.1) is 12.6 Å². The van der Waals surface area contributed by atoms with E-state index in [4.69, 9.17) is 10.6 Å². The number of hydrazine groups is 1. The Morgan fingerprint density at radius 3 is 3.15 bits per heavy atom. The Labute approximate surface area is 83.1 Å². The van der Waals surface area contributed by atoms with Gasteiger partial charge in [-0.25, -0.2) is 5.43 Å². The lowest BCUT2D eigenvalue weighted by Gasteiger charge is -2.22. The molecule has 0 bridgehead atoms. The van der Waals surface area contributed by atoms with Crippen LogP contribution in [-0.2, 0) is 4.74 Å². The molecule has 0 spiro atoms. The summed E-state index contributed by atoms with van der Waals surface area (Å²) >= 11 is 2.01. The summed E-state index contributed by atoms with van der Waals surface area (Å²) in [5, 5.41) is 0. The van der Waals surface area contributed by atoms with Crippen LogP contribution >= 0.6 is 11.8 Å². The van der Waals surface area contributed by atoms with Crippen molar-refractivity contribution in [2.24, 2.45) is 11.8 Å². The number of hydrogen-bond donors (Lipinski definition) is 2. The first-order valence-electron chi connectivity index (χ1n) is 4.78. The average Bonchev–Trinajstić information content (AvgIpc) is 2.76. The number of thioether (sulfide) groups is 1. The minimum absolute atomic E-state index is 0.248. The molecular formula is C9H16N2OS. The zero-order valence-electron chi connectivity index (χ0n) is 7.66. The van der Waals surface area contributed by atoms with Crippen molar-refractivity contribution in [3.05, 3.63) is 11.8 Å². The van der Waals surface area contributed by atoms with E-state index >= 15 is 0 Å². The highest BCUT2D eigenvalue weighted by Gasteiger charge is 2.29. The van der Waals surface area contributed by atoms with E-state index in [2.05, 4.69) is 11.5 Å². The third-order valence-electron chi connectivity index (χ3n) is 2.65. The summed E-state index contributed by atoms with van der Waals surface area (Å²) in [5.74, 6) is 9.73. The number of nitrogens with one attached hydrogen (secondary N) is 1. The van der Waals surface area contributed by atoms with Crippen molar-refractivity contribution in [1.82, 2.24) is 5.43 Å². The molecule has 2 aliphatic heterocycles. The highest BCUT2D eigenvalue weighted by Crippen LogP contribution is 2.30. The van der Waals surface area contributed by atoms with Crippen LogP contribution in [0.15, 0.2) is 11.8 Å². The maximum Gasteiger partial charge on any atom is 0.111 e. The molecule has 2 aliphatic rings. The first-order chi connectivity index (χ1) is 6.42. The number of nitrogens with two attached hydrogens (primary N) is 1. The third-order valence-corrected chi connectivity index (χ3v) is 3.84. The van der Waals surface area contributed by atoms with Gasteiger partial charge in [-0.2, -0.15) is 11.8 Å². The predicted octanol–water partition coefficient (Wildman–Crippen LogP) is 0.876. The molecule has 0 aromatic rings. The van der Waals surface area contributed by atoms with Gasteiger partial charge in [0.15, 0.2) is 0 Å². The summed E-state index contributed by atoms with van der Waals surface area (Å²) in [4.78, 5) is 0. The maximum absolute atomic E-state index is 5.55. The van der Waals surface area contributed by atoms with Crippen molar-refractivity contribution < 1.29 is 4.74 Å². The minimum atomic E-state index is 0.248. The lowest BCUT2D eigenvalue weighted by Crippen LogP contribution is -2.42. The number of hydrogen-bond acceptors (Lipinski definition) is 4. The van der Waals surface area contributed by atoms with Crippen LogP contribution in [0.25, 0.3) is 0 Å². The Morgan fingerprint density at radius 1 is 1.69 bits per heavy atom. The molecule has 4 heteroatoms. The van der Waals surface area contributed by atoms with E-state index in [0.29, 0.717) is 5.92 Å². The van der Waals surface area contributed by atoms with Crippen molar-refractivity contribution >= 4 is 11.8 Å². The van der Waals surface area contributed by atoms with Crippen LogP contribution in [0.2, 0.25) is 0 Å². The molecule has 0 aliphatic carbocycles. The Bertz CT molecular complexity index is 202. The molecule has 74 valence electrons. The van der Waals surface area contributed by atoms with E-state index in [-0.39, 0.29) is 6.04 Å². The molecule has 13 heavy (non-hydrogen) atoms. The molecule has 0 amide bonds. The van der Waals surface area contributed by atoms with Crippen LogP contribution in [0, 0.1) is 5.92 Å². The molecule has 1 fully saturated rings. The van der Waals surface area contributed by atoms with Crippen LogP contribution in [0.1, 0.15) is 12.8 Å². The molecule has 3 N–H and O–H groups in total. The van der Waals surface area contributed by atoms with Crippen molar-refractivity contribution in [3.8, 4) is 0 Å². The fourth-order valence-corrected chi connectivity index (χ4v) is 3.22. The Morgan fingerprint density at radius 2 is 2.62 bits per heavy atom. The Hall–Kier alpha value is -0.190. The maximum atomic E-state index is 5.55. The second-order valence-electron chi connectivity index (χ2n) is 3.51. The van der Waals surface area contributed by atoms with E-state index in [1.807, 2.05) is 11.8 Å². The number of rotatable bonds is 3. The summed E-state index contributed by atoms with van der Waals surface area (Å²) < 4.78 is 5.53. The fourth-order valence-electron chi connectivity index (χ4n) is 1.92. The normalized spacial score (nSPS) is 29.9. The van der Waals surface area contributed by atoms with Crippen LogP contribution in [0.5, 0.6) is 0 Å². The lowest BCUT2D eigenvalue weighted by atomic mass is 9.98. The second kappa shape index (κ2) is 4.35. The average molecular weight is 200 g/mol. The quantitative estimate of drug-likeness (QED) is 0.524. The van der Waals surface area contributed by atoms with Crippen molar-refractivity contribution in [1.29, 1.82) is 0 Å². The first-order valence-corrected chi connectivity index (χ1v) is 5.94. The summed E-state index contributed by atoms with van der Waals surface area (Å²) in [7, 11) is 0. The topological polar surface area (TPSA) is 47.3 Å².